The normalized spacial score (nSPS) is 14.6. The van der Waals surface area contributed by atoms with E-state index in [1.807, 2.05) is 0 Å². The van der Waals surface area contributed by atoms with Gasteiger partial charge >= 0.3 is 6.11 Å². The lowest BCUT2D eigenvalue weighted by molar-refractivity contribution is -0.249. The van der Waals surface area contributed by atoms with E-state index < -0.39 is 28.1 Å². The maximum atomic E-state index is 13.2. The van der Waals surface area contributed by atoms with Gasteiger partial charge in [-0.05, 0) is 13.3 Å². The molecule has 0 rings (SSSR count). The van der Waals surface area contributed by atoms with Crippen LogP contribution in [0.3, 0.4) is 0 Å². The zero-order valence-electron chi connectivity index (χ0n) is 11.6. The van der Waals surface area contributed by atoms with Gasteiger partial charge in [-0.15, -0.1) is 0 Å². The summed E-state index contributed by atoms with van der Waals surface area (Å²) in [4.78, 5) is 0. The van der Waals surface area contributed by atoms with Crippen molar-refractivity contribution in [3.05, 3.63) is 0 Å². The SMILES string of the molecule is CCCCCCCCCC(F)(F)OC(C)S(=O)(=O)O. The van der Waals surface area contributed by atoms with Crippen molar-refractivity contribution >= 4 is 10.1 Å². The standard InChI is InChI=1S/C12H24F2O4S/c1-3-4-5-6-7-8-9-10-12(13,14)18-11(2)19(15,16)17/h11H,3-10H2,1-2H3,(H,15,16,17). The molecule has 0 heterocycles. The fourth-order valence-corrected chi connectivity index (χ4v) is 1.91. The maximum Gasteiger partial charge on any atom is 0.357 e. The molecule has 1 atom stereocenters. The van der Waals surface area contributed by atoms with Gasteiger partial charge in [-0.1, -0.05) is 45.4 Å². The Morgan fingerprint density at radius 2 is 1.58 bits per heavy atom. The second-order valence-corrected chi connectivity index (χ2v) is 6.40. The molecule has 116 valence electrons. The molecule has 0 fully saturated rings. The Morgan fingerprint density at radius 1 is 1.11 bits per heavy atom. The zero-order valence-corrected chi connectivity index (χ0v) is 12.4. The molecule has 0 aromatic carbocycles. The molecule has 0 saturated heterocycles. The Hall–Kier alpha value is -0.270. The molecule has 19 heavy (non-hydrogen) atoms. The van der Waals surface area contributed by atoms with Crippen LogP contribution in [0.5, 0.6) is 0 Å². The number of alkyl halides is 2. The van der Waals surface area contributed by atoms with E-state index in [1.165, 1.54) is 0 Å². The van der Waals surface area contributed by atoms with Crippen molar-refractivity contribution in [1.29, 1.82) is 0 Å². The topological polar surface area (TPSA) is 63.6 Å². The maximum absolute atomic E-state index is 13.2. The van der Waals surface area contributed by atoms with Crippen LogP contribution in [-0.4, -0.2) is 24.5 Å². The minimum Gasteiger partial charge on any atom is -0.298 e. The molecule has 0 spiro atoms. The Kier molecular flexibility index (Phi) is 8.69. The van der Waals surface area contributed by atoms with Crippen LogP contribution < -0.4 is 0 Å². The molecular formula is C12H24F2O4S. The van der Waals surface area contributed by atoms with Crippen molar-refractivity contribution in [3.63, 3.8) is 0 Å². The van der Waals surface area contributed by atoms with E-state index in [9.17, 15) is 17.2 Å². The minimum atomic E-state index is -4.58. The fourth-order valence-electron chi connectivity index (χ4n) is 1.65. The molecule has 0 radical (unpaired) electrons. The third-order valence-electron chi connectivity index (χ3n) is 2.83. The predicted molar refractivity (Wildman–Crippen MR) is 69.7 cm³/mol. The summed E-state index contributed by atoms with van der Waals surface area (Å²) in [7, 11) is -4.58. The average Bonchev–Trinajstić information content (AvgIpc) is 2.26. The summed E-state index contributed by atoms with van der Waals surface area (Å²) >= 11 is 0. The highest BCUT2D eigenvalue weighted by atomic mass is 32.2. The van der Waals surface area contributed by atoms with E-state index in [4.69, 9.17) is 4.55 Å². The molecule has 0 aliphatic carbocycles. The van der Waals surface area contributed by atoms with E-state index in [0.29, 0.717) is 6.42 Å². The van der Waals surface area contributed by atoms with Crippen molar-refractivity contribution in [2.75, 3.05) is 0 Å². The molecule has 0 aromatic rings. The highest BCUT2D eigenvalue weighted by Gasteiger charge is 2.35. The van der Waals surface area contributed by atoms with Gasteiger partial charge in [0.05, 0.1) is 0 Å². The van der Waals surface area contributed by atoms with Crippen molar-refractivity contribution < 1.29 is 26.5 Å². The van der Waals surface area contributed by atoms with Crippen LogP contribution >= 0.6 is 0 Å². The first kappa shape index (κ1) is 18.7. The first-order valence-electron chi connectivity index (χ1n) is 6.71. The number of ether oxygens (including phenoxy) is 1. The third kappa shape index (κ3) is 10.2. The summed E-state index contributed by atoms with van der Waals surface area (Å²) in [5, 5.41) is 0. The van der Waals surface area contributed by atoms with Gasteiger partial charge in [-0.2, -0.15) is 17.2 Å². The summed E-state index contributed by atoms with van der Waals surface area (Å²) in [5.41, 5.74) is -1.91. The van der Waals surface area contributed by atoms with Crippen molar-refractivity contribution in [1.82, 2.24) is 0 Å². The highest BCUT2D eigenvalue weighted by Crippen LogP contribution is 2.26. The Labute approximate surface area is 114 Å². The largest absolute Gasteiger partial charge is 0.357 e. The number of rotatable bonds is 11. The van der Waals surface area contributed by atoms with E-state index in [0.717, 1.165) is 39.0 Å². The van der Waals surface area contributed by atoms with Gasteiger partial charge in [-0.25, -0.2) is 0 Å². The molecule has 0 aromatic heterocycles. The molecule has 4 nitrogen and oxygen atoms in total. The molecule has 7 heteroatoms. The van der Waals surface area contributed by atoms with Gasteiger partial charge < -0.3 is 0 Å². The van der Waals surface area contributed by atoms with E-state index in [2.05, 4.69) is 11.7 Å². The Morgan fingerprint density at radius 3 is 2.05 bits per heavy atom. The molecule has 1 unspecified atom stereocenters. The molecule has 0 bridgehead atoms. The fraction of sp³-hybridized carbons (Fsp3) is 1.00. The second-order valence-electron chi connectivity index (χ2n) is 4.71. The van der Waals surface area contributed by atoms with Crippen LogP contribution in [0.4, 0.5) is 8.78 Å². The summed E-state index contributed by atoms with van der Waals surface area (Å²) in [5.74, 6) is 0. The Bertz CT molecular complexity index is 331. The third-order valence-corrected chi connectivity index (χ3v) is 3.76. The molecule has 0 aliphatic rings. The van der Waals surface area contributed by atoms with Gasteiger partial charge in [0.2, 0.25) is 0 Å². The lowest BCUT2D eigenvalue weighted by atomic mass is 10.1. The molecule has 0 amide bonds. The number of hydrogen-bond acceptors (Lipinski definition) is 3. The first-order valence-corrected chi connectivity index (χ1v) is 8.21. The molecule has 0 saturated carbocycles. The highest BCUT2D eigenvalue weighted by molar-refractivity contribution is 7.86. The van der Waals surface area contributed by atoms with Gasteiger partial charge in [-0.3, -0.25) is 9.29 Å². The van der Waals surface area contributed by atoms with Crippen LogP contribution in [0.1, 0.15) is 65.2 Å². The smallest absolute Gasteiger partial charge is 0.298 e. The molecular weight excluding hydrogens is 278 g/mol. The van der Waals surface area contributed by atoms with Crippen molar-refractivity contribution in [2.24, 2.45) is 0 Å². The quantitative estimate of drug-likeness (QED) is 0.463. The zero-order chi connectivity index (χ0) is 14.9. The summed E-state index contributed by atoms with van der Waals surface area (Å²) in [6.07, 6.45) is 2.24. The number of hydrogen-bond donors (Lipinski definition) is 1. The van der Waals surface area contributed by atoms with Crippen molar-refractivity contribution in [2.45, 2.75) is 76.8 Å². The van der Waals surface area contributed by atoms with Crippen LogP contribution in [0.25, 0.3) is 0 Å². The average molecular weight is 302 g/mol. The summed E-state index contributed by atoms with van der Waals surface area (Å²) in [6.45, 7) is 2.99. The lowest BCUT2D eigenvalue weighted by Gasteiger charge is -2.19. The van der Waals surface area contributed by atoms with Gasteiger partial charge in [0.25, 0.3) is 10.1 Å². The summed E-state index contributed by atoms with van der Waals surface area (Å²) < 4.78 is 60.3. The van der Waals surface area contributed by atoms with Crippen LogP contribution in [-0.2, 0) is 14.9 Å². The van der Waals surface area contributed by atoms with E-state index in [1.54, 1.807) is 0 Å². The first-order chi connectivity index (χ1) is 8.69. The minimum absolute atomic E-state index is 0.275. The van der Waals surface area contributed by atoms with Crippen LogP contribution in [0.15, 0.2) is 0 Å². The van der Waals surface area contributed by atoms with Gasteiger partial charge in [0.15, 0.2) is 5.44 Å². The van der Waals surface area contributed by atoms with E-state index >= 15 is 0 Å². The van der Waals surface area contributed by atoms with E-state index in [-0.39, 0.29) is 6.42 Å². The monoisotopic (exact) mass is 302 g/mol. The van der Waals surface area contributed by atoms with Crippen molar-refractivity contribution in [3.8, 4) is 0 Å². The van der Waals surface area contributed by atoms with Gasteiger partial charge in [0, 0.05) is 6.42 Å². The summed E-state index contributed by atoms with van der Waals surface area (Å²) in [6, 6.07) is 0. The Balaban J connectivity index is 3.79. The van der Waals surface area contributed by atoms with Gasteiger partial charge in [0.1, 0.15) is 0 Å². The molecule has 1 N–H and O–H groups in total. The second kappa shape index (κ2) is 8.81. The molecule has 0 aliphatic heterocycles. The number of halogens is 2. The van der Waals surface area contributed by atoms with Crippen LogP contribution in [0.2, 0.25) is 0 Å². The van der Waals surface area contributed by atoms with Crippen LogP contribution in [0, 0.1) is 0 Å². The number of unbranched alkanes of at least 4 members (excludes halogenated alkanes) is 6. The lowest BCUT2D eigenvalue weighted by Crippen LogP contribution is -2.31. The predicted octanol–water partition coefficient (Wildman–Crippen LogP) is 3.97.